The largest absolute Gasteiger partial charge is 0.272 e. The minimum atomic E-state index is -0.114. The average molecular weight is 303 g/mol. The van der Waals surface area contributed by atoms with Crippen LogP contribution >= 0.6 is 35.0 Å². The van der Waals surface area contributed by atoms with Crippen molar-refractivity contribution >= 4 is 46.6 Å². The van der Waals surface area contributed by atoms with Gasteiger partial charge in [-0.3, -0.25) is 4.79 Å². The second kappa shape index (κ2) is 5.51. The van der Waals surface area contributed by atoms with Gasteiger partial charge in [-0.1, -0.05) is 23.2 Å². The highest BCUT2D eigenvalue weighted by Crippen LogP contribution is 2.28. The lowest BCUT2D eigenvalue weighted by Gasteiger charge is -2.20. The molecule has 0 saturated carbocycles. The van der Waals surface area contributed by atoms with Crippen LogP contribution in [0.1, 0.15) is 17.5 Å². The third kappa shape index (κ3) is 2.66. The molecular weight excluding hydrogens is 291 g/mol. The predicted octanol–water partition coefficient (Wildman–Crippen LogP) is 3.26. The molecule has 0 aliphatic carbocycles. The smallest absolute Gasteiger partial charge is 0.253 e. The van der Waals surface area contributed by atoms with Crippen molar-refractivity contribution in [1.29, 1.82) is 0 Å². The molecule has 1 N–H and O–H groups in total. The Hall–Kier alpha value is -0.710. The van der Waals surface area contributed by atoms with Gasteiger partial charge in [-0.15, -0.1) is 0 Å². The SMILES string of the molecule is CSC1CC(c2cc(Cl)c(C)c(Cl)c2)=NNC1=O. The van der Waals surface area contributed by atoms with Gasteiger partial charge in [0.25, 0.3) is 5.91 Å². The molecule has 1 aromatic carbocycles. The molecule has 2 rings (SSSR count). The summed E-state index contributed by atoms with van der Waals surface area (Å²) in [6.07, 6.45) is 2.49. The number of nitrogens with zero attached hydrogens (tertiary/aromatic N) is 1. The molecule has 0 spiro atoms. The van der Waals surface area contributed by atoms with Crippen LogP contribution < -0.4 is 5.43 Å². The molecule has 3 nitrogen and oxygen atoms in total. The summed E-state index contributed by atoms with van der Waals surface area (Å²) in [6, 6.07) is 3.66. The molecule has 18 heavy (non-hydrogen) atoms. The lowest BCUT2D eigenvalue weighted by molar-refractivity contribution is -0.120. The summed E-state index contributed by atoms with van der Waals surface area (Å²) in [4.78, 5) is 11.5. The van der Waals surface area contributed by atoms with Gasteiger partial charge in [0.05, 0.1) is 11.0 Å². The van der Waals surface area contributed by atoms with E-state index in [2.05, 4.69) is 10.5 Å². The maximum atomic E-state index is 11.5. The summed E-state index contributed by atoms with van der Waals surface area (Å²) in [5, 5.41) is 5.18. The number of halogens is 2. The molecule has 0 radical (unpaired) electrons. The van der Waals surface area contributed by atoms with Crippen LogP contribution in [0.5, 0.6) is 0 Å². The Balaban J connectivity index is 2.35. The number of hydrogen-bond acceptors (Lipinski definition) is 3. The van der Waals surface area contributed by atoms with Crippen molar-refractivity contribution in [3.63, 3.8) is 0 Å². The molecule has 0 aromatic heterocycles. The van der Waals surface area contributed by atoms with Crippen LogP contribution in [0.3, 0.4) is 0 Å². The van der Waals surface area contributed by atoms with Crippen LogP contribution in [0, 0.1) is 6.92 Å². The standard InChI is InChI=1S/C12H12Cl2N2OS/c1-6-8(13)3-7(4-9(6)14)10-5-11(18-2)12(17)16-15-10/h3-4,11H,5H2,1-2H3,(H,16,17). The number of rotatable bonds is 2. The van der Waals surface area contributed by atoms with E-state index in [1.165, 1.54) is 11.8 Å². The van der Waals surface area contributed by atoms with E-state index in [4.69, 9.17) is 23.2 Å². The minimum absolute atomic E-state index is 0.0597. The first kappa shape index (κ1) is 13.7. The molecule has 0 saturated heterocycles. The maximum Gasteiger partial charge on any atom is 0.253 e. The number of amides is 1. The van der Waals surface area contributed by atoms with Gasteiger partial charge in [-0.25, -0.2) is 5.43 Å². The summed E-state index contributed by atoms with van der Waals surface area (Å²) in [5.74, 6) is -0.0597. The first-order valence-electron chi connectivity index (χ1n) is 5.38. The molecule has 0 fully saturated rings. The highest BCUT2D eigenvalue weighted by molar-refractivity contribution is 7.99. The predicted molar refractivity (Wildman–Crippen MR) is 77.8 cm³/mol. The number of carbonyl (C=O) groups excluding carboxylic acids is 1. The first-order chi connectivity index (χ1) is 8.52. The number of carbonyl (C=O) groups is 1. The van der Waals surface area contributed by atoms with Crippen LogP contribution in [-0.4, -0.2) is 23.1 Å². The van der Waals surface area contributed by atoms with Gasteiger partial charge >= 0.3 is 0 Å². The number of thioether (sulfide) groups is 1. The Bertz CT molecular complexity index is 508. The zero-order valence-corrected chi connectivity index (χ0v) is 12.3. The lowest BCUT2D eigenvalue weighted by atomic mass is 10.0. The normalized spacial score (nSPS) is 19.4. The Morgan fingerprint density at radius 2 is 2.00 bits per heavy atom. The third-order valence-corrected chi connectivity index (χ3v) is 4.61. The Morgan fingerprint density at radius 1 is 1.39 bits per heavy atom. The fourth-order valence-corrected chi connectivity index (χ4v) is 2.77. The van der Waals surface area contributed by atoms with Crippen molar-refractivity contribution in [3.8, 4) is 0 Å². The molecule has 0 bridgehead atoms. The summed E-state index contributed by atoms with van der Waals surface area (Å²) in [7, 11) is 0. The summed E-state index contributed by atoms with van der Waals surface area (Å²) >= 11 is 13.7. The van der Waals surface area contributed by atoms with E-state index >= 15 is 0 Å². The summed E-state index contributed by atoms with van der Waals surface area (Å²) < 4.78 is 0. The summed E-state index contributed by atoms with van der Waals surface area (Å²) in [5.41, 5.74) is 5.04. The molecule has 1 heterocycles. The molecule has 1 amide bonds. The van der Waals surface area contributed by atoms with E-state index < -0.39 is 0 Å². The average Bonchev–Trinajstić information content (AvgIpc) is 2.36. The molecule has 1 aromatic rings. The van der Waals surface area contributed by atoms with E-state index in [1.54, 1.807) is 0 Å². The molecule has 1 atom stereocenters. The van der Waals surface area contributed by atoms with Gasteiger partial charge in [-0.2, -0.15) is 16.9 Å². The van der Waals surface area contributed by atoms with Gasteiger partial charge in [0.15, 0.2) is 0 Å². The van der Waals surface area contributed by atoms with Crippen molar-refractivity contribution in [1.82, 2.24) is 5.43 Å². The van der Waals surface area contributed by atoms with Gasteiger partial charge in [-0.05, 0) is 30.9 Å². The minimum Gasteiger partial charge on any atom is -0.272 e. The molecule has 1 aliphatic rings. The van der Waals surface area contributed by atoms with Crippen LogP contribution in [0.15, 0.2) is 17.2 Å². The Labute approximate surface area is 120 Å². The van der Waals surface area contributed by atoms with E-state index in [0.717, 1.165) is 16.8 Å². The molecular formula is C12H12Cl2N2OS. The zero-order valence-electron chi connectivity index (χ0n) is 9.96. The Morgan fingerprint density at radius 3 is 2.56 bits per heavy atom. The maximum absolute atomic E-state index is 11.5. The lowest BCUT2D eigenvalue weighted by Crippen LogP contribution is -2.36. The van der Waals surface area contributed by atoms with Gasteiger partial charge < -0.3 is 0 Å². The van der Waals surface area contributed by atoms with E-state index in [0.29, 0.717) is 16.5 Å². The van der Waals surface area contributed by atoms with Crippen molar-refractivity contribution in [2.24, 2.45) is 5.10 Å². The first-order valence-corrected chi connectivity index (χ1v) is 7.42. The van der Waals surface area contributed by atoms with Gasteiger partial charge in [0.2, 0.25) is 0 Å². The fraction of sp³-hybridized carbons (Fsp3) is 0.333. The van der Waals surface area contributed by atoms with Crippen molar-refractivity contribution in [2.75, 3.05) is 6.26 Å². The van der Waals surface area contributed by atoms with Gasteiger partial charge in [0.1, 0.15) is 0 Å². The number of nitrogens with one attached hydrogen (secondary N) is 1. The van der Waals surface area contributed by atoms with E-state index in [-0.39, 0.29) is 11.2 Å². The van der Waals surface area contributed by atoms with Crippen LogP contribution in [0.25, 0.3) is 0 Å². The van der Waals surface area contributed by atoms with E-state index in [1.807, 2.05) is 25.3 Å². The molecule has 1 aliphatic heterocycles. The zero-order chi connectivity index (χ0) is 13.3. The van der Waals surface area contributed by atoms with Crippen molar-refractivity contribution < 1.29 is 4.79 Å². The number of benzene rings is 1. The quantitative estimate of drug-likeness (QED) is 0.911. The van der Waals surface area contributed by atoms with Crippen molar-refractivity contribution in [2.45, 2.75) is 18.6 Å². The van der Waals surface area contributed by atoms with Crippen molar-refractivity contribution in [3.05, 3.63) is 33.3 Å². The van der Waals surface area contributed by atoms with Crippen LogP contribution in [0.2, 0.25) is 10.0 Å². The number of hydrazone groups is 1. The Kier molecular flexibility index (Phi) is 4.20. The second-order valence-electron chi connectivity index (χ2n) is 4.03. The molecule has 6 heteroatoms. The second-order valence-corrected chi connectivity index (χ2v) is 5.88. The fourth-order valence-electron chi connectivity index (χ4n) is 1.69. The molecule has 1 unspecified atom stereocenters. The topological polar surface area (TPSA) is 41.5 Å². The molecule has 96 valence electrons. The summed E-state index contributed by atoms with van der Waals surface area (Å²) in [6.45, 7) is 1.86. The third-order valence-electron chi connectivity index (χ3n) is 2.87. The highest BCUT2D eigenvalue weighted by Gasteiger charge is 2.25. The monoisotopic (exact) mass is 302 g/mol. The van der Waals surface area contributed by atoms with Crippen LogP contribution in [-0.2, 0) is 4.79 Å². The highest BCUT2D eigenvalue weighted by atomic mass is 35.5. The van der Waals surface area contributed by atoms with E-state index in [9.17, 15) is 4.79 Å². The van der Waals surface area contributed by atoms with Crippen LogP contribution in [0.4, 0.5) is 0 Å². The van der Waals surface area contributed by atoms with Gasteiger partial charge in [0, 0.05) is 22.0 Å². The number of hydrogen-bond donors (Lipinski definition) is 1.